The van der Waals surface area contributed by atoms with E-state index in [1.807, 2.05) is 73.9 Å². The Kier molecular flexibility index (Phi) is 6.21. The van der Waals surface area contributed by atoms with Gasteiger partial charge in [0.2, 0.25) is 5.91 Å². The van der Waals surface area contributed by atoms with Crippen LogP contribution in [0.4, 0.5) is 0 Å². The minimum Gasteiger partial charge on any atom is -0.354 e. The lowest BCUT2D eigenvalue weighted by Gasteiger charge is -2.18. The first-order valence-corrected chi connectivity index (χ1v) is 11.0. The molecule has 164 valence electrons. The van der Waals surface area contributed by atoms with E-state index in [0.29, 0.717) is 17.6 Å². The second-order valence-corrected chi connectivity index (χ2v) is 8.08. The molecule has 1 N–H and O–H groups in total. The average molecular weight is 429 g/mol. The van der Waals surface area contributed by atoms with Gasteiger partial charge in [-0.1, -0.05) is 48.5 Å². The number of nitrogens with one attached hydrogen (secondary N) is 1. The Morgan fingerprint density at radius 2 is 1.66 bits per heavy atom. The van der Waals surface area contributed by atoms with E-state index in [9.17, 15) is 9.59 Å². The number of amides is 1. The average Bonchev–Trinajstić information content (AvgIpc) is 3.08. The Bertz CT molecular complexity index is 1290. The topological polar surface area (TPSA) is 68.9 Å². The molecule has 0 aliphatic carbocycles. The van der Waals surface area contributed by atoms with Gasteiger partial charge in [0.05, 0.1) is 17.3 Å². The van der Waals surface area contributed by atoms with Crippen molar-refractivity contribution in [3.8, 4) is 5.69 Å². The summed E-state index contributed by atoms with van der Waals surface area (Å²) < 4.78 is 3.35. The van der Waals surface area contributed by atoms with Crippen LogP contribution >= 0.6 is 0 Å². The van der Waals surface area contributed by atoms with Gasteiger partial charge in [-0.15, -0.1) is 0 Å². The van der Waals surface area contributed by atoms with Crippen molar-refractivity contribution in [1.82, 2.24) is 19.7 Å². The quantitative estimate of drug-likeness (QED) is 0.450. The summed E-state index contributed by atoms with van der Waals surface area (Å²) in [7, 11) is 0. The van der Waals surface area contributed by atoms with Crippen LogP contribution in [0.5, 0.6) is 0 Å². The lowest BCUT2D eigenvalue weighted by atomic mass is 10.1. The standard InChI is InChI=1S/C26H28N4O2/c1-18-23-17-28-30(22-14-8-5-9-15-22)26(32)24(23)19(2)29(18)20(3)25(31)27-16-10-13-21-11-6-4-7-12-21/h4-9,11-12,14-15,17,20H,10,13,16H2,1-3H3,(H,27,31). The molecule has 0 fully saturated rings. The highest BCUT2D eigenvalue weighted by molar-refractivity contribution is 5.89. The summed E-state index contributed by atoms with van der Waals surface area (Å²) in [6, 6.07) is 19.2. The molecule has 0 saturated heterocycles. The third-order valence-corrected chi connectivity index (χ3v) is 6.00. The van der Waals surface area contributed by atoms with Gasteiger partial charge in [-0.2, -0.15) is 9.78 Å². The van der Waals surface area contributed by atoms with Crippen molar-refractivity contribution in [2.24, 2.45) is 0 Å². The number of carbonyl (C=O) groups is 1. The van der Waals surface area contributed by atoms with Gasteiger partial charge in [-0.3, -0.25) is 9.59 Å². The number of hydrogen-bond donors (Lipinski definition) is 1. The molecule has 4 aromatic rings. The van der Waals surface area contributed by atoms with E-state index in [0.717, 1.165) is 29.6 Å². The molecule has 6 nitrogen and oxygen atoms in total. The monoisotopic (exact) mass is 428 g/mol. The third kappa shape index (κ3) is 4.08. The fraction of sp³-hybridized carbons (Fsp3) is 0.269. The van der Waals surface area contributed by atoms with Crippen molar-refractivity contribution in [2.75, 3.05) is 6.54 Å². The van der Waals surface area contributed by atoms with E-state index < -0.39 is 6.04 Å². The second kappa shape index (κ2) is 9.22. The van der Waals surface area contributed by atoms with E-state index >= 15 is 0 Å². The Morgan fingerprint density at radius 3 is 2.34 bits per heavy atom. The van der Waals surface area contributed by atoms with Gasteiger partial charge in [0, 0.05) is 23.3 Å². The van der Waals surface area contributed by atoms with Crippen molar-refractivity contribution in [3.63, 3.8) is 0 Å². The molecule has 2 aromatic carbocycles. The zero-order valence-electron chi connectivity index (χ0n) is 18.7. The largest absolute Gasteiger partial charge is 0.354 e. The molecule has 6 heteroatoms. The van der Waals surface area contributed by atoms with Gasteiger partial charge in [-0.25, -0.2) is 0 Å². The van der Waals surface area contributed by atoms with Crippen molar-refractivity contribution < 1.29 is 4.79 Å². The number of aromatic nitrogens is 3. The van der Waals surface area contributed by atoms with Crippen LogP contribution in [-0.4, -0.2) is 26.8 Å². The molecule has 2 aromatic heterocycles. The number of fused-ring (bicyclic) bond motifs is 1. The number of carbonyl (C=O) groups excluding carboxylic acids is 1. The summed E-state index contributed by atoms with van der Waals surface area (Å²) in [5.74, 6) is -0.0547. The maximum Gasteiger partial charge on any atom is 0.281 e. The van der Waals surface area contributed by atoms with Crippen LogP contribution in [0.2, 0.25) is 0 Å². The molecule has 2 heterocycles. The molecule has 0 aliphatic rings. The maximum absolute atomic E-state index is 13.2. The van der Waals surface area contributed by atoms with Crippen molar-refractivity contribution in [2.45, 2.75) is 39.7 Å². The van der Waals surface area contributed by atoms with E-state index in [1.165, 1.54) is 10.2 Å². The Morgan fingerprint density at radius 1 is 1.00 bits per heavy atom. The zero-order valence-corrected chi connectivity index (χ0v) is 18.7. The maximum atomic E-state index is 13.2. The first-order valence-electron chi connectivity index (χ1n) is 11.0. The minimum absolute atomic E-state index is 0.0547. The molecule has 0 spiro atoms. The fourth-order valence-electron chi connectivity index (χ4n) is 4.33. The lowest BCUT2D eigenvalue weighted by Crippen LogP contribution is -2.32. The minimum atomic E-state index is -0.427. The van der Waals surface area contributed by atoms with Gasteiger partial charge in [0.1, 0.15) is 6.04 Å². The smallest absolute Gasteiger partial charge is 0.281 e. The summed E-state index contributed by atoms with van der Waals surface area (Å²) in [6.45, 7) is 6.31. The van der Waals surface area contributed by atoms with Crippen LogP contribution in [0.1, 0.15) is 36.3 Å². The number of para-hydroxylation sites is 1. The molecule has 1 amide bonds. The van der Waals surface area contributed by atoms with E-state index in [2.05, 4.69) is 22.5 Å². The van der Waals surface area contributed by atoms with Crippen LogP contribution in [0.3, 0.4) is 0 Å². The second-order valence-electron chi connectivity index (χ2n) is 8.08. The Balaban J connectivity index is 1.55. The SMILES string of the molecule is Cc1c2cnn(-c3ccccc3)c(=O)c2c(C)n1C(C)C(=O)NCCCc1ccccc1. The summed E-state index contributed by atoms with van der Waals surface area (Å²) >= 11 is 0. The number of nitrogens with zero attached hydrogens (tertiary/aromatic N) is 3. The van der Waals surface area contributed by atoms with Crippen molar-refractivity contribution >= 4 is 16.7 Å². The highest BCUT2D eigenvalue weighted by Crippen LogP contribution is 2.26. The van der Waals surface area contributed by atoms with Crippen LogP contribution in [0.15, 0.2) is 71.7 Å². The first-order chi connectivity index (χ1) is 15.5. The summed E-state index contributed by atoms with van der Waals surface area (Å²) in [6.07, 6.45) is 3.51. The highest BCUT2D eigenvalue weighted by Gasteiger charge is 2.23. The van der Waals surface area contributed by atoms with E-state index in [1.54, 1.807) is 6.20 Å². The molecule has 0 radical (unpaired) electrons. The summed E-state index contributed by atoms with van der Waals surface area (Å²) in [4.78, 5) is 26.1. The van der Waals surface area contributed by atoms with Crippen molar-refractivity contribution in [3.05, 3.63) is 94.2 Å². The number of rotatable bonds is 7. The molecular weight excluding hydrogens is 400 g/mol. The molecular formula is C26H28N4O2. The number of benzene rings is 2. The molecule has 0 aliphatic heterocycles. The molecule has 0 saturated carbocycles. The number of hydrogen-bond acceptors (Lipinski definition) is 3. The van der Waals surface area contributed by atoms with Crippen LogP contribution in [0.25, 0.3) is 16.5 Å². The fourth-order valence-corrected chi connectivity index (χ4v) is 4.33. The normalized spacial score (nSPS) is 12.1. The van der Waals surface area contributed by atoms with Gasteiger partial charge >= 0.3 is 0 Å². The predicted octanol–water partition coefficient (Wildman–Crippen LogP) is 4.11. The Hall–Kier alpha value is -3.67. The van der Waals surface area contributed by atoms with Crippen LogP contribution in [0, 0.1) is 13.8 Å². The molecule has 32 heavy (non-hydrogen) atoms. The van der Waals surface area contributed by atoms with Gasteiger partial charge in [0.15, 0.2) is 0 Å². The molecule has 1 atom stereocenters. The van der Waals surface area contributed by atoms with Crippen LogP contribution in [-0.2, 0) is 11.2 Å². The molecule has 1 unspecified atom stereocenters. The number of aryl methyl sites for hydroxylation is 3. The predicted molar refractivity (Wildman–Crippen MR) is 127 cm³/mol. The Labute approximate surface area is 187 Å². The third-order valence-electron chi connectivity index (χ3n) is 6.00. The highest BCUT2D eigenvalue weighted by atomic mass is 16.2. The van der Waals surface area contributed by atoms with E-state index in [-0.39, 0.29) is 11.5 Å². The summed E-state index contributed by atoms with van der Waals surface area (Å²) in [5.41, 5.74) is 3.45. The summed E-state index contributed by atoms with van der Waals surface area (Å²) in [5, 5.41) is 8.80. The van der Waals surface area contributed by atoms with Gasteiger partial charge < -0.3 is 9.88 Å². The van der Waals surface area contributed by atoms with Gasteiger partial charge in [0.25, 0.3) is 5.56 Å². The van der Waals surface area contributed by atoms with Crippen molar-refractivity contribution in [1.29, 1.82) is 0 Å². The van der Waals surface area contributed by atoms with Crippen LogP contribution < -0.4 is 10.9 Å². The first kappa shape index (κ1) is 21.6. The molecule has 0 bridgehead atoms. The lowest BCUT2D eigenvalue weighted by molar-refractivity contribution is -0.123. The van der Waals surface area contributed by atoms with Gasteiger partial charge in [-0.05, 0) is 51.3 Å². The molecule has 4 rings (SSSR count). The zero-order chi connectivity index (χ0) is 22.7. The van der Waals surface area contributed by atoms with E-state index in [4.69, 9.17) is 0 Å².